The Morgan fingerprint density at radius 2 is 1.85 bits per heavy atom. The van der Waals surface area contributed by atoms with Crippen LogP contribution in [0.2, 0.25) is 5.02 Å². The van der Waals surface area contributed by atoms with E-state index in [9.17, 15) is 14.7 Å². The number of Topliss-reactive ketones (excluding diaryl/α,β-unsaturated/α-hetero) is 1. The Morgan fingerprint density at radius 3 is 2.58 bits per heavy atom. The molecule has 0 radical (unpaired) electrons. The summed E-state index contributed by atoms with van der Waals surface area (Å²) < 4.78 is 1.59. The highest BCUT2D eigenvalue weighted by Gasteiger charge is 2.48. The van der Waals surface area contributed by atoms with Crippen molar-refractivity contribution in [2.24, 2.45) is 0 Å². The smallest absolute Gasteiger partial charge is 0.301 e. The van der Waals surface area contributed by atoms with Crippen molar-refractivity contribution in [2.45, 2.75) is 13.0 Å². The Kier molecular flexibility index (Phi) is 5.56. The molecule has 1 atom stereocenters. The molecule has 4 aromatic rings. The molecule has 0 spiro atoms. The summed E-state index contributed by atoms with van der Waals surface area (Å²) in [6.45, 7) is 1.93. The van der Waals surface area contributed by atoms with Gasteiger partial charge >= 0.3 is 5.91 Å². The molecule has 1 aromatic heterocycles. The Labute approximate surface area is 207 Å². The summed E-state index contributed by atoms with van der Waals surface area (Å²) in [6.07, 6.45) is 0. The van der Waals surface area contributed by atoms with Gasteiger partial charge in [-0.15, -0.1) is 0 Å². The van der Waals surface area contributed by atoms with Crippen LogP contribution in [0.15, 0.2) is 76.8 Å². The fourth-order valence-electron chi connectivity index (χ4n) is 3.88. The minimum atomic E-state index is -0.833. The predicted octanol–water partition coefficient (Wildman–Crippen LogP) is 6.65. The number of hydrogen-bond acceptors (Lipinski definition) is 5. The van der Waals surface area contributed by atoms with Gasteiger partial charge in [-0.2, -0.15) is 0 Å². The summed E-state index contributed by atoms with van der Waals surface area (Å²) in [5, 5.41) is 12.1. The first-order valence-electron chi connectivity index (χ1n) is 10.0. The second-order valence-corrected chi connectivity index (χ2v) is 10.1. The molecule has 2 heterocycles. The molecule has 1 N–H and O–H groups in total. The minimum Gasteiger partial charge on any atom is -0.507 e. The van der Waals surface area contributed by atoms with Crippen LogP contribution in [0.25, 0.3) is 16.0 Å². The number of thiazole rings is 1. The molecule has 1 unspecified atom stereocenters. The second-order valence-electron chi connectivity index (χ2n) is 7.70. The summed E-state index contributed by atoms with van der Waals surface area (Å²) >= 11 is 10.9. The van der Waals surface area contributed by atoms with Gasteiger partial charge in [0.25, 0.3) is 5.78 Å². The minimum absolute atomic E-state index is 0.0271. The number of carbonyl (C=O) groups is 2. The second kappa shape index (κ2) is 8.41. The number of aliphatic hydroxyl groups excluding tert-OH is 1. The first-order valence-corrected chi connectivity index (χ1v) is 12.0. The standard InChI is InChI=1S/C25H16BrClN2O3S/c1-13-5-7-14(8-6-13)22(30)20-21(15-3-2-4-16(26)11-15)29(24(32)23(20)31)25-28-18-10-9-17(27)12-19(18)33-25/h2-12,21,30H,1H3/b22-20+. The van der Waals surface area contributed by atoms with E-state index in [4.69, 9.17) is 11.6 Å². The van der Waals surface area contributed by atoms with Crippen LogP contribution in [0.4, 0.5) is 5.13 Å². The molecule has 0 aliphatic carbocycles. The maximum absolute atomic E-state index is 13.3. The molecule has 1 fully saturated rings. The number of aromatic nitrogens is 1. The summed E-state index contributed by atoms with van der Waals surface area (Å²) in [4.78, 5) is 32.5. The van der Waals surface area contributed by atoms with Crippen LogP contribution in [-0.2, 0) is 9.59 Å². The van der Waals surface area contributed by atoms with E-state index in [-0.39, 0.29) is 11.3 Å². The van der Waals surface area contributed by atoms with E-state index in [0.717, 1.165) is 14.7 Å². The predicted molar refractivity (Wildman–Crippen MR) is 135 cm³/mol. The molecule has 3 aromatic carbocycles. The summed E-state index contributed by atoms with van der Waals surface area (Å²) in [6, 6.07) is 18.9. The number of aryl methyl sites for hydroxylation is 1. The van der Waals surface area contributed by atoms with Crippen molar-refractivity contribution in [3.05, 3.63) is 98.5 Å². The van der Waals surface area contributed by atoms with E-state index < -0.39 is 17.7 Å². The third kappa shape index (κ3) is 3.86. The van der Waals surface area contributed by atoms with Crippen molar-refractivity contribution in [3.8, 4) is 0 Å². The highest BCUT2D eigenvalue weighted by molar-refractivity contribution is 9.10. The maximum atomic E-state index is 13.3. The number of anilines is 1. The van der Waals surface area contributed by atoms with E-state index in [2.05, 4.69) is 20.9 Å². The summed E-state index contributed by atoms with van der Waals surface area (Å²) in [7, 11) is 0. The average Bonchev–Trinajstić information content (AvgIpc) is 3.32. The van der Waals surface area contributed by atoms with Crippen LogP contribution in [-0.4, -0.2) is 21.8 Å². The van der Waals surface area contributed by atoms with E-state index in [1.807, 2.05) is 43.3 Å². The van der Waals surface area contributed by atoms with Gasteiger partial charge in [-0.25, -0.2) is 4.98 Å². The fourth-order valence-corrected chi connectivity index (χ4v) is 5.56. The molecule has 1 saturated heterocycles. The van der Waals surface area contributed by atoms with Crippen LogP contribution in [0.5, 0.6) is 0 Å². The third-order valence-corrected chi connectivity index (χ3v) is 7.22. The van der Waals surface area contributed by atoms with Gasteiger partial charge in [0.1, 0.15) is 5.76 Å². The van der Waals surface area contributed by atoms with Gasteiger partial charge in [0, 0.05) is 15.1 Å². The first-order chi connectivity index (χ1) is 15.8. The normalized spacial score (nSPS) is 17.8. The number of ketones is 1. The molecule has 8 heteroatoms. The SMILES string of the molecule is Cc1ccc(/C(O)=C2\C(=O)C(=O)N(c3nc4ccc(Cl)cc4s3)C2c2cccc(Br)c2)cc1. The van der Waals surface area contributed by atoms with Crippen molar-refractivity contribution >= 4 is 71.7 Å². The van der Waals surface area contributed by atoms with Gasteiger partial charge in [-0.3, -0.25) is 14.5 Å². The molecule has 1 amide bonds. The van der Waals surface area contributed by atoms with E-state index in [1.165, 1.54) is 16.2 Å². The number of nitrogens with zero attached hydrogens (tertiary/aromatic N) is 2. The summed E-state index contributed by atoms with van der Waals surface area (Å²) in [5.41, 5.74) is 2.86. The zero-order valence-electron chi connectivity index (χ0n) is 17.3. The molecule has 33 heavy (non-hydrogen) atoms. The topological polar surface area (TPSA) is 70.5 Å². The number of fused-ring (bicyclic) bond motifs is 1. The van der Waals surface area contributed by atoms with Crippen molar-refractivity contribution in [3.63, 3.8) is 0 Å². The lowest BCUT2D eigenvalue weighted by Gasteiger charge is -2.23. The largest absolute Gasteiger partial charge is 0.507 e. The zero-order chi connectivity index (χ0) is 23.3. The molecule has 1 aliphatic heterocycles. The lowest BCUT2D eigenvalue weighted by Crippen LogP contribution is -2.29. The highest BCUT2D eigenvalue weighted by atomic mass is 79.9. The van der Waals surface area contributed by atoms with E-state index in [0.29, 0.717) is 26.8 Å². The quantitative estimate of drug-likeness (QED) is 0.180. The van der Waals surface area contributed by atoms with Crippen molar-refractivity contribution in [2.75, 3.05) is 4.90 Å². The third-order valence-electron chi connectivity index (χ3n) is 5.48. The number of halogens is 2. The van der Waals surface area contributed by atoms with Crippen LogP contribution < -0.4 is 4.90 Å². The van der Waals surface area contributed by atoms with E-state index in [1.54, 1.807) is 30.3 Å². The van der Waals surface area contributed by atoms with Gasteiger partial charge in [0.15, 0.2) is 5.13 Å². The number of hydrogen-bond donors (Lipinski definition) is 1. The molecule has 0 saturated carbocycles. The Bertz CT molecular complexity index is 1460. The van der Waals surface area contributed by atoms with E-state index >= 15 is 0 Å². The number of rotatable bonds is 3. The summed E-state index contributed by atoms with van der Waals surface area (Å²) in [5.74, 6) is -1.71. The monoisotopic (exact) mass is 538 g/mol. The maximum Gasteiger partial charge on any atom is 0.301 e. The molecule has 164 valence electrons. The van der Waals surface area contributed by atoms with Gasteiger partial charge in [0.05, 0.1) is 21.8 Å². The number of aliphatic hydroxyl groups is 1. The van der Waals surface area contributed by atoms with Crippen LogP contribution >= 0.6 is 38.9 Å². The Morgan fingerprint density at radius 1 is 1.09 bits per heavy atom. The molecule has 1 aliphatic rings. The number of amides is 1. The first kappa shape index (κ1) is 21.8. The number of carbonyl (C=O) groups excluding carboxylic acids is 2. The highest BCUT2D eigenvalue weighted by Crippen LogP contribution is 2.44. The lowest BCUT2D eigenvalue weighted by molar-refractivity contribution is -0.132. The van der Waals surface area contributed by atoms with Crippen molar-refractivity contribution < 1.29 is 14.7 Å². The molecule has 0 bridgehead atoms. The van der Waals surface area contributed by atoms with Gasteiger partial charge in [-0.05, 0) is 42.8 Å². The van der Waals surface area contributed by atoms with Gasteiger partial charge in [-0.1, -0.05) is 80.8 Å². The fraction of sp³-hybridized carbons (Fsp3) is 0.0800. The molecular weight excluding hydrogens is 524 g/mol. The lowest BCUT2D eigenvalue weighted by atomic mass is 9.95. The van der Waals surface area contributed by atoms with Crippen molar-refractivity contribution in [1.29, 1.82) is 0 Å². The Balaban J connectivity index is 1.74. The van der Waals surface area contributed by atoms with Crippen LogP contribution in [0.3, 0.4) is 0 Å². The molecule has 5 rings (SSSR count). The number of benzene rings is 3. The van der Waals surface area contributed by atoms with Crippen LogP contribution in [0.1, 0.15) is 22.7 Å². The molecule has 5 nitrogen and oxygen atoms in total. The van der Waals surface area contributed by atoms with Crippen molar-refractivity contribution in [1.82, 2.24) is 4.98 Å². The molecular formula is C25H16BrClN2O3S. The zero-order valence-corrected chi connectivity index (χ0v) is 20.4. The van der Waals surface area contributed by atoms with Gasteiger partial charge in [0.2, 0.25) is 0 Å². The Hall–Kier alpha value is -3.00. The van der Waals surface area contributed by atoms with Gasteiger partial charge < -0.3 is 5.11 Å². The average molecular weight is 540 g/mol. The van der Waals surface area contributed by atoms with Crippen LogP contribution in [0, 0.1) is 6.92 Å².